The Balaban J connectivity index is 1.62. The fourth-order valence-electron chi connectivity index (χ4n) is 4.48. The van der Waals surface area contributed by atoms with E-state index in [0.717, 1.165) is 31.1 Å². The van der Waals surface area contributed by atoms with Crippen molar-refractivity contribution >= 4 is 10.3 Å². The van der Waals surface area contributed by atoms with Crippen molar-refractivity contribution in [3.05, 3.63) is 0 Å². The molecule has 4 fully saturated rings. The predicted octanol–water partition coefficient (Wildman–Crippen LogP) is 1.28. The van der Waals surface area contributed by atoms with Gasteiger partial charge in [0, 0.05) is 12.6 Å². The monoisotopic (exact) mass is 288 g/mol. The molecule has 4 aliphatic rings. The van der Waals surface area contributed by atoms with Crippen LogP contribution in [-0.4, -0.2) is 43.5 Å². The van der Waals surface area contributed by atoms with Gasteiger partial charge in [0.1, 0.15) is 0 Å². The van der Waals surface area contributed by atoms with E-state index in [0.29, 0.717) is 5.92 Å². The summed E-state index contributed by atoms with van der Waals surface area (Å²) in [7, 11) is -4.05. The van der Waals surface area contributed by atoms with E-state index in [1.165, 1.54) is 38.9 Å². The predicted molar refractivity (Wildman–Crippen MR) is 73.1 cm³/mol. The molecule has 5 nitrogen and oxygen atoms in total. The zero-order valence-electron chi connectivity index (χ0n) is 11.3. The van der Waals surface area contributed by atoms with Gasteiger partial charge in [0.25, 0.3) is 0 Å². The second-order valence-corrected chi connectivity index (χ2v) is 7.70. The van der Waals surface area contributed by atoms with Gasteiger partial charge in [-0.3, -0.25) is 4.55 Å². The highest BCUT2D eigenvalue weighted by Gasteiger charge is 2.40. The molecule has 6 heteroatoms. The standard InChI is InChI=1S/C13H24N2O3S/c16-19(17,18)14-12-3-1-2-11(8-12)13-9-15-6-4-10(13)5-7-15/h10-14H,1-9H2,(H,16,17,18)/t11-,12?,13?/m1/s1. The quantitative estimate of drug-likeness (QED) is 0.768. The summed E-state index contributed by atoms with van der Waals surface area (Å²) in [6.45, 7) is 3.70. The normalized spacial score (nSPS) is 43.3. The van der Waals surface area contributed by atoms with Gasteiger partial charge in [-0.1, -0.05) is 12.8 Å². The summed E-state index contributed by atoms with van der Waals surface area (Å²) in [6, 6.07) is -0.0656. The number of hydrogen-bond donors (Lipinski definition) is 2. The van der Waals surface area contributed by atoms with E-state index in [2.05, 4.69) is 9.62 Å². The molecule has 0 aromatic rings. The second kappa shape index (κ2) is 5.31. The summed E-state index contributed by atoms with van der Waals surface area (Å²) in [6.07, 6.45) is 6.68. The first-order valence-corrected chi connectivity index (χ1v) is 8.92. The summed E-state index contributed by atoms with van der Waals surface area (Å²) >= 11 is 0. The van der Waals surface area contributed by atoms with E-state index < -0.39 is 10.3 Å². The molecule has 0 spiro atoms. The van der Waals surface area contributed by atoms with Crippen molar-refractivity contribution in [2.24, 2.45) is 17.8 Å². The summed E-state index contributed by atoms with van der Waals surface area (Å²) in [5.74, 6) is 2.22. The number of piperidine rings is 3. The van der Waals surface area contributed by atoms with E-state index in [4.69, 9.17) is 4.55 Å². The van der Waals surface area contributed by atoms with Crippen LogP contribution in [0.2, 0.25) is 0 Å². The van der Waals surface area contributed by atoms with E-state index in [1.807, 2.05) is 0 Å². The van der Waals surface area contributed by atoms with Gasteiger partial charge in [0.15, 0.2) is 0 Å². The Hall–Kier alpha value is -0.170. The molecule has 0 amide bonds. The van der Waals surface area contributed by atoms with Gasteiger partial charge in [-0.2, -0.15) is 13.1 Å². The molecule has 0 radical (unpaired) electrons. The van der Waals surface area contributed by atoms with Crippen molar-refractivity contribution in [2.75, 3.05) is 19.6 Å². The van der Waals surface area contributed by atoms with Gasteiger partial charge in [-0.15, -0.1) is 0 Å². The van der Waals surface area contributed by atoms with Gasteiger partial charge in [-0.05, 0) is 56.5 Å². The highest BCUT2D eigenvalue weighted by atomic mass is 32.2. The van der Waals surface area contributed by atoms with Crippen LogP contribution in [0.5, 0.6) is 0 Å². The van der Waals surface area contributed by atoms with Crippen molar-refractivity contribution in [1.82, 2.24) is 9.62 Å². The Morgan fingerprint density at radius 2 is 1.79 bits per heavy atom. The number of nitrogens with zero attached hydrogens (tertiary/aromatic N) is 1. The van der Waals surface area contributed by atoms with Gasteiger partial charge in [0.05, 0.1) is 0 Å². The second-order valence-electron chi connectivity index (χ2n) is 6.52. The fraction of sp³-hybridized carbons (Fsp3) is 1.00. The van der Waals surface area contributed by atoms with Crippen LogP contribution in [0.1, 0.15) is 38.5 Å². The van der Waals surface area contributed by atoms with Crippen LogP contribution in [0.4, 0.5) is 0 Å². The number of nitrogens with one attached hydrogen (secondary N) is 1. The van der Waals surface area contributed by atoms with Gasteiger partial charge in [-0.25, -0.2) is 0 Å². The van der Waals surface area contributed by atoms with Crippen LogP contribution in [0.25, 0.3) is 0 Å². The summed E-state index contributed by atoms with van der Waals surface area (Å²) < 4.78 is 33.2. The Morgan fingerprint density at radius 3 is 2.37 bits per heavy atom. The summed E-state index contributed by atoms with van der Waals surface area (Å²) in [5.41, 5.74) is 0. The third kappa shape index (κ3) is 3.29. The first-order valence-electron chi connectivity index (χ1n) is 7.48. The lowest BCUT2D eigenvalue weighted by atomic mass is 9.67. The molecule has 3 heterocycles. The zero-order chi connectivity index (χ0) is 13.5. The number of hydrogen-bond acceptors (Lipinski definition) is 3. The summed E-state index contributed by atoms with van der Waals surface area (Å²) in [5, 5.41) is 0. The Morgan fingerprint density at radius 1 is 1.05 bits per heavy atom. The number of rotatable bonds is 3. The molecular weight excluding hydrogens is 264 g/mol. The Labute approximate surface area is 115 Å². The molecule has 3 aliphatic heterocycles. The molecule has 4 rings (SSSR count). The van der Waals surface area contributed by atoms with Crippen LogP contribution in [0.3, 0.4) is 0 Å². The molecular formula is C13H24N2O3S. The third-order valence-electron chi connectivity index (χ3n) is 5.34. The maximum Gasteiger partial charge on any atom is 0.333 e. The number of fused-ring (bicyclic) bond motifs is 3. The average molecular weight is 288 g/mol. The Kier molecular flexibility index (Phi) is 3.86. The van der Waals surface area contributed by atoms with Gasteiger partial charge < -0.3 is 4.90 Å². The van der Waals surface area contributed by atoms with Crippen molar-refractivity contribution in [2.45, 2.75) is 44.6 Å². The SMILES string of the molecule is O=S(=O)(O)NC1CCC[C@@H](C2CN3CCC2CC3)C1. The summed E-state index contributed by atoms with van der Waals surface area (Å²) in [4.78, 5) is 2.56. The van der Waals surface area contributed by atoms with Crippen molar-refractivity contribution in [1.29, 1.82) is 0 Å². The van der Waals surface area contributed by atoms with Crippen LogP contribution in [0, 0.1) is 17.8 Å². The van der Waals surface area contributed by atoms with Crippen LogP contribution < -0.4 is 4.72 Å². The van der Waals surface area contributed by atoms with Crippen LogP contribution in [0.15, 0.2) is 0 Å². The van der Waals surface area contributed by atoms with Crippen LogP contribution in [-0.2, 0) is 10.3 Å². The molecule has 19 heavy (non-hydrogen) atoms. The van der Waals surface area contributed by atoms with E-state index in [-0.39, 0.29) is 6.04 Å². The Bertz CT molecular complexity index is 418. The first-order chi connectivity index (χ1) is 9.01. The molecule has 3 saturated heterocycles. The largest absolute Gasteiger partial charge is 0.333 e. The molecule has 2 N–H and O–H groups in total. The minimum Gasteiger partial charge on any atom is -0.303 e. The molecule has 2 unspecified atom stereocenters. The average Bonchev–Trinajstić information content (AvgIpc) is 2.38. The zero-order valence-corrected chi connectivity index (χ0v) is 12.1. The maximum absolute atomic E-state index is 10.9. The lowest BCUT2D eigenvalue weighted by Crippen LogP contribution is -2.51. The topological polar surface area (TPSA) is 69.6 Å². The molecule has 3 atom stereocenters. The van der Waals surface area contributed by atoms with E-state index in [9.17, 15) is 8.42 Å². The minimum atomic E-state index is -4.05. The lowest BCUT2D eigenvalue weighted by molar-refractivity contribution is 0.00659. The molecule has 0 aromatic heterocycles. The molecule has 2 bridgehead atoms. The van der Waals surface area contributed by atoms with E-state index in [1.54, 1.807) is 0 Å². The maximum atomic E-state index is 10.9. The van der Waals surface area contributed by atoms with Crippen molar-refractivity contribution in [3.63, 3.8) is 0 Å². The fourth-order valence-corrected chi connectivity index (χ4v) is 5.11. The minimum absolute atomic E-state index is 0.0656. The van der Waals surface area contributed by atoms with Gasteiger partial charge in [0.2, 0.25) is 0 Å². The van der Waals surface area contributed by atoms with Crippen molar-refractivity contribution < 1.29 is 13.0 Å². The lowest BCUT2D eigenvalue weighted by Gasteiger charge is -2.49. The molecule has 110 valence electrons. The van der Waals surface area contributed by atoms with E-state index >= 15 is 0 Å². The first kappa shape index (κ1) is 13.8. The van der Waals surface area contributed by atoms with Crippen molar-refractivity contribution in [3.8, 4) is 0 Å². The van der Waals surface area contributed by atoms with Crippen LogP contribution >= 0.6 is 0 Å². The smallest absolute Gasteiger partial charge is 0.303 e. The third-order valence-corrected chi connectivity index (χ3v) is 5.97. The molecule has 0 aromatic carbocycles. The highest BCUT2D eigenvalue weighted by molar-refractivity contribution is 7.83. The highest BCUT2D eigenvalue weighted by Crippen LogP contribution is 2.42. The molecule has 1 saturated carbocycles. The van der Waals surface area contributed by atoms with Gasteiger partial charge >= 0.3 is 10.3 Å². The molecule has 1 aliphatic carbocycles.